The third-order valence-corrected chi connectivity index (χ3v) is 4.47. The topological polar surface area (TPSA) is 94.4 Å². The van der Waals surface area contributed by atoms with E-state index in [9.17, 15) is 14.9 Å². The van der Waals surface area contributed by atoms with Gasteiger partial charge in [0.05, 0.1) is 16.2 Å². The summed E-state index contributed by atoms with van der Waals surface area (Å²) in [5, 5.41) is 14.2. The maximum Gasteiger partial charge on any atom is 0.283 e. The van der Waals surface area contributed by atoms with Crippen molar-refractivity contribution in [3.63, 3.8) is 0 Å². The number of fused-ring (bicyclic) bond motifs is 1. The number of anilines is 1. The molecule has 1 aromatic heterocycles. The van der Waals surface area contributed by atoms with Crippen LogP contribution in [0.15, 0.2) is 36.4 Å². The summed E-state index contributed by atoms with van der Waals surface area (Å²) in [7, 11) is 0. The summed E-state index contributed by atoms with van der Waals surface area (Å²) in [6, 6.07) is 9.37. The number of rotatable bonds is 5. The fraction of sp³-hybridized carbons (Fsp3) is 0.125. The Kier molecular flexibility index (Phi) is 4.82. The van der Waals surface area contributed by atoms with Gasteiger partial charge in [0.25, 0.3) is 11.6 Å². The maximum absolute atomic E-state index is 12.4. The van der Waals surface area contributed by atoms with Gasteiger partial charge in [0.1, 0.15) is 16.8 Å². The van der Waals surface area contributed by atoms with Crippen LogP contribution in [0.2, 0.25) is 5.02 Å². The lowest BCUT2D eigenvalue weighted by atomic mass is 10.1. The van der Waals surface area contributed by atoms with Gasteiger partial charge < -0.3 is 4.74 Å². The van der Waals surface area contributed by atoms with Crippen LogP contribution in [0.4, 0.5) is 10.8 Å². The molecule has 9 heteroatoms. The number of nitro benzene ring substituents is 1. The molecule has 1 amide bonds. The third kappa shape index (κ3) is 3.54. The summed E-state index contributed by atoms with van der Waals surface area (Å²) < 4.78 is 6.35. The van der Waals surface area contributed by atoms with Crippen molar-refractivity contribution < 1.29 is 14.5 Å². The second-order valence-corrected chi connectivity index (χ2v) is 6.39. The first kappa shape index (κ1) is 17.1. The highest BCUT2D eigenvalue weighted by atomic mass is 35.5. The van der Waals surface area contributed by atoms with Gasteiger partial charge >= 0.3 is 0 Å². The Bertz CT molecular complexity index is 973. The van der Waals surface area contributed by atoms with Crippen molar-refractivity contribution in [3.05, 3.63) is 57.1 Å². The predicted octanol–water partition coefficient (Wildman–Crippen LogP) is 4.51. The van der Waals surface area contributed by atoms with E-state index in [-0.39, 0.29) is 16.3 Å². The summed E-state index contributed by atoms with van der Waals surface area (Å²) in [4.78, 5) is 27.2. The van der Waals surface area contributed by atoms with Crippen LogP contribution in [0.1, 0.15) is 17.3 Å². The number of nitro groups is 1. The summed E-state index contributed by atoms with van der Waals surface area (Å²) in [6.07, 6.45) is 0. The normalized spacial score (nSPS) is 10.6. The predicted molar refractivity (Wildman–Crippen MR) is 96.8 cm³/mol. The van der Waals surface area contributed by atoms with Crippen LogP contribution in [0.5, 0.6) is 5.75 Å². The van der Waals surface area contributed by atoms with Gasteiger partial charge in [-0.25, -0.2) is 4.98 Å². The molecule has 0 fully saturated rings. The highest BCUT2D eigenvalue weighted by Crippen LogP contribution is 2.33. The molecule has 0 unspecified atom stereocenters. The lowest BCUT2D eigenvalue weighted by Crippen LogP contribution is -2.13. The molecule has 0 bridgehead atoms. The molecule has 3 rings (SSSR count). The van der Waals surface area contributed by atoms with Crippen molar-refractivity contribution in [1.29, 1.82) is 0 Å². The van der Waals surface area contributed by atoms with Gasteiger partial charge in [-0.3, -0.25) is 20.2 Å². The van der Waals surface area contributed by atoms with Crippen LogP contribution in [0.25, 0.3) is 10.2 Å². The van der Waals surface area contributed by atoms with Crippen LogP contribution in [0.3, 0.4) is 0 Å². The Balaban J connectivity index is 1.93. The van der Waals surface area contributed by atoms with Gasteiger partial charge in [0.15, 0.2) is 5.13 Å². The van der Waals surface area contributed by atoms with Crippen molar-refractivity contribution in [2.24, 2.45) is 0 Å². The van der Waals surface area contributed by atoms with E-state index in [1.165, 1.54) is 23.5 Å². The van der Waals surface area contributed by atoms with Crippen LogP contribution < -0.4 is 10.1 Å². The molecule has 0 atom stereocenters. The van der Waals surface area contributed by atoms with Crippen LogP contribution >= 0.6 is 22.9 Å². The minimum Gasteiger partial charge on any atom is -0.492 e. The molecule has 0 aliphatic carbocycles. The van der Waals surface area contributed by atoms with Gasteiger partial charge in [-0.05, 0) is 31.2 Å². The first-order chi connectivity index (χ1) is 12.0. The smallest absolute Gasteiger partial charge is 0.283 e. The van der Waals surface area contributed by atoms with Crippen LogP contribution in [-0.2, 0) is 0 Å². The molecule has 2 aromatic carbocycles. The zero-order valence-corrected chi connectivity index (χ0v) is 14.6. The number of carbonyl (C=O) groups is 1. The number of para-hydroxylation sites is 1. The number of carbonyl (C=O) groups excluding carboxylic acids is 1. The SMILES string of the molecule is CCOc1cccc2sc(NC(=O)c3ccc(Cl)cc3[N+](=O)[O-])nc12. The highest BCUT2D eigenvalue weighted by Gasteiger charge is 2.22. The monoisotopic (exact) mass is 377 g/mol. The molecule has 0 aliphatic rings. The number of hydrogen-bond acceptors (Lipinski definition) is 6. The molecule has 25 heavy (non-hydrogen) atoms. The number of thiazole rings is 1. The first-order valence-electron chi connectivity index (χ1n) is 7.27. The number of ether oxygens (including phenoxy) is 1. The number of amides is 1. The van der Waals surface area contributed by atoms with Crippen LogP contribution in [-0.4, -0.2) is 22.4 Å². The van der Waals surface area contributed by atoms with Crippen LogP contribution in [0, 0.1) is 10.1 Å². The lowest BCUT2D eigenvalue weighted by molar-refractivity contribution is -0.385. The van der Waals surface area contributed by atoms with E-state index < -0.39 is 10.8 Å². The highest BCUT2D eigenvalue weighted by molar-refractivity contribution is 7.22. The van der Waals surface area contributed by atoms with E-state index in [2.05, 4.69) is 10.3 Å². The second kappa shape index (κ2) is 7.04. The van der Waals surface area contributed by atoms with Gasteiger partial charge in [0, 0.05) is 11.1 Å². The average molecular weight is 378 g/mol. The maximum atomic E-state index is 12.4. The lowest BCUT2D eigenvalue weighted by Gasteiger charge is -2.03. The van der Waals surface area contributed by atoms with Gasteiger partial charge in [-0.2, -0.15) is 0 Å². The number of benzene rings is 2. The number of aromatic nitrogens is 1. The second-order valence-electron chi connectivity index (χ2n) is 4.93. The Labute approximate surface area is 151 Å². The fourth-order valence-electron chi connectivity index (χ4n) is 2.26. The Morgan fingerprint density at radius 1 is 1.40 bits per heavy atom. The molecule has 0 aliphatic heterocycles. The van der Waals surface area contributed by atoms with E-state index in [1.54, 1.807) is 6.07 Å². The standard InChI is InChI=1S/C16H12ClN3O4S/c1-2-24-12-4-3-5-13-14(12)18-16(25-13)19-15(21)10-7-6-9(17)8-11(10)20(22)23/h3-8H,2H2,1H3,(H,18,19,21). The van der Waals surface area contributed by atoms with Gasteiger partial charge in [0.2, 0.25) is 0 Å². The molecule has 0 saturated carbocycles. The fourth-order valence-corrected chi connectivity index (χ4v) is 3.31. The van der Waals surface area contributed by atoms with E-state index in [0.717, 1.165) is 10.8 Å². The Hall–Kier alpha value is -2.71. The quantitative estimate of drug-likeness (QED) is 0.521. The molecule has 0 saturated heterocycles. The summed E-state index contributed by atoms with van der Waals surface area (Å²) in [6.45, 7) is 2.36. The molecule has 7 nitrogen and oxygen atoms in total. The molecule has 0 radical (unpaired) electrons. The summed E-state index contributed by atoms with van der Waals surface area (Å²) in [5.74, 6) is -0.00500. The van der Waals surface area contributed by atoms with Crippen molar-refractivity contribution >= 4 is 49.9 Å². The van der Waals surface area contributed by atoms with E-state index >= 15 is 0 Å². The zero-order chi connectivity index (χ0) is 18.0. The van der Waals surface area contributed by atoms with Gasteiger partial charge in [-0.15, -0.1) is 0 Å². The minimum absolute atomic E-state index is 0.0845. The Morgan fingerprint density at radius 2 is 2.20 bits per heavy atom. The molecular formula is C16H12ClN3O4S. The molecule has 3 aromatic rings. The first-order valence-corrected chi connectivity index (χ1v) is 8.46. The van der Waals surface area contributed by atoms with Gasteiger partial charge in [-0.1, -0.05) is 29.0 Å². The summed E-state index contributed by atoms with van der Waals surface area (Å²) >= 11 is 7.02. The average Bonchev–Trinajstić information content (AvgIpc) is 2.98. The number of nitrogens with one attached hydrogen (secondary N) is 1. The molecule has 128 valence electrons. The molecule has 0 spiro atoms. The van der Waals surface area contributed by atoms with E-state index in [4.69, 9.17) is 16.3 Å². The molecule has 1 heterocycles. The van der Waals surface area contributed by atoms with Crippen molar-refractivity contribution in [2.75, 3.05) is 11.9 Å². The Morgan fingerprint density at radius 3 is 2.92 bits per heavy atom. The largest absolute Gasteiger partial charge is 0.492 e. The van der Waals surface area contributed by atoms with Crippen molar-refractivity contribution in [1.82, 2.24) is 4.98 Å². The van der Waals surface area contributed by atoms with Crippen molar-refractivity contribution in [3.8, 4) is 5.75 Å². The summed E-state index contributed by atoms with van der Waals surface area (Å²) in [5.41, 5.74) is 0.190. The number of nitrogens with zero attached hydrogens (tertiary/aromatic N) is 2. The third-order valence-electron chi connectivity index (χ3n) is 3.30. The van der Waals surface area contributed by atoms with E-state index in [0.29, 0.717) is 23.0 Å². The van der Waals surface area contributed by atoms with Crippen molar-refractivity contribution in [2.45, 2.75) is 6.92 Å². The molecular weight excluding hydrogens is 366 g/mol. The minimum atomic E-state index is -0.646. The van der Waals surface area contributed by atoms with E-state index in [1.807, 2.05) is 19.1 Å². The zero-order valence-electron chi connectivity index (χ0n) is 13.0. The number of hydrogen-bond donors (Lipinski definition) is 1. The molecule has 1 N–H and O–H groups in total. The number of halogens is 1.